The molecule has 0 saturated carbocycles. The third-order valence-corrected chi connectivity index (χ3v) is 6.69. The van der Waals surface area contributed by atoms with E-state index in [0.717, 1.165) is 55.1 Å². The molecule has 0 bridgehead atoms. The molecule has 0 atom stereocenters. The van der Waals surface area contributed by atoms with Crippen LogP contribution in [0.15, 0.2) is 48.8 Å². The van der Waals surface area contributed by atoms with E-state index in [9.17, 15) is 9.18 Å². The number of rotatable bonds is 5. The lowest BCUT2D eigenvalue weighted by Crippen LogP contribution is -2.37. The molecular weight excluding hydrogens is 417 g/mol. The van der Waals surface area contributed by atoms with Crippen LogP contribution in [0, 0.1) is 12.7 Å². The first-order valence-electron chi connectivity index (χ1n) is 11.6. The minimum Gasteiger partial charge on any atom is -0.299 e. The summed E-state index contributed by atoms with van der Waals surface area (Å²) >= 11 is 0. The number of carbonyl (C=O) groups excluding carboxylic acids is 1. The number of aromatic nitrogens is 3. The molecule has 1 saturated heterocycles. The highest BCUT2D eigenvalue weighted by Crippen LogP contribution is 2.33. The van der Waals surface area contributed by atoms with Gasteiger partial charge in [0.2, 0.25) is 5.91 Å². The van der Waals surface area contributed by atoms with Crippen LogP contribution in [-0.2, 0) is 24.3 Å². The second-order valence-electron chi connectivity index (χ2n) is 8.99. The molecule has 0 aliphatic carbocycles. The van der Waals surface area contributed by atoms with E-state index in [0.29, 0.717) is 25.2 Å². The van der Waals surface area contributed by atoms with E-state index < -0.39 is 0 Å². The Hall–Kier alpha value is -3.19. The summed E-state index contributed by atoms with van der Waals surface area (Å²) in [5.74, 6) is 1.54. The number of halogens is 1. The monoisotopic (exact) mass is 445 g/mol. The first-order valence-corrected chi connectivity index (χ1v) is 11.6. The molecule has 170 valence electrons. The van der Waals surface area contributed by atoms with Gasteiger partial charge in [-0.2, -0.15) is 0 Å². The topological polar surface area (TPSA) is 62.2 Å². The predicted molar refractivity (Wildman–Crippen MR) is 124 cm³/mol. The zero-order valence-corrected chi connectivity index (χ0v) is 18.9. The minimum atomic E-state index is -0.296. The van der Waals surface area contributed by atoms with Gasteiger partial charge in [-0.15, -0.1) is 0 Å². The van der Waals surface area contributed by atoms with Crippen molar-refractivity contribution in [3.63, 3.8) is 0 Å². The van der Waals surface area contributed by atoms with E-state index in [4.69, 9.17) is 9.97 Å². The summed E-state index contributed by atoms with van der Waals surface area (Å²) < 4.78 is 13.7. The number of likely N-dealkylation sites (tertiary alicyclic amines) is 1. The fourth-order valence-corrected chi connectivity index (χ4v) is 4.86. The van der Waals surface area contributed by atoms with E-state index >= 15 is 0 Å². The number of fused-ring (bicyclic) bond motifs is 1. The van der Waals surface area contributed by atoms with Crippen LogP contribution in [-0.4, -0.2) is 38.8 Å². The smallest absolute Gasteiger partial charge is 0.228 e. The van der Waals surface area contributed by atoms with Gasteiger partial charge in [0, 0.05) is 42.5 Å². The lowest BCUT2D eigenvalue weighted by atomic mass is 9.94. The summed E-state index contributed by atoms with van der Waals surface area (Å²) in [4.78, 5) is 30.9. The maximum atomic E-state index is 13.7. The van der Waals surface area contributed by atoms with Crippen LogP contribution < -0.4 is 4.90 Å². The minimum absolute atomic E-state index is 0.0305. The van der Waals surface area contributed by atoms with Crippen molar-refractivity contribution in [2.24, 2.45) is 0 Å². The molecule has 7 heteroatoms. The Balaban J connectivity index is 1.34. The van der Waals surface area contributed by atoms with E-state index in [2.05, 4.69) is 22.0 Å². The van der Waals surface area contributed by atoms with Gasteiger partial charge in [-0.05, 0) is 74.7 Å². The Morgan fingerprint density at radius 2 is 1.79 bits per heavy atom. The van der Waals surface area contributed by atoms with E-state index in [-0.39, 0.29) is 17.6 Å². The van der Waals surface area contributed by atoms with Crippen LogP contribution in [0.4, 0.5) is 10.2 Å². The van der Waals surface area contributed by atoms with E-state index in [1.807, 2.05) is 25.4 Å². The number of pyridine rings is 1. The molecule has 0 spiro atoms. The van der Waals surface area contributed by atoms with Crippen molar-refractivity contribution in [3.8, 4) is 0 Å². The number of amides is 1. The van der Waals surface area contributed by atoms with Crippen molar-refractivity contribution in [2.75, 3.05) is 18.0 Å². The number of hydrogen-bond donors (Lipinski definition) is 0. The van der Waals surface area contributed by atoms with E-state index in [1.54, 1.807) is 11.0 Å². The Morgan fingerprint density at radius 3 is 2.55 bits per heavy atom. The molecule has 6 nitrogen and oxygen atoms in total. The van der Waals surface area contributed by atoms with Crippen molar-refractivity contribution in [3.05, 3.63) is 82.8 Å². The van der Waals surface area contributed by atoms with Crippen molar-refractivity contribution in [2.45, 2.75) is 51.6 Å². The number of piperidine rings is 1. The molecule has 0 unspecified atom stereocenters. The molecule has 2 aliphatic rings. The molecule has 3 aromatic rings. The molecule has 4 heterocycles. The Labute approximate surface area is 193 Å². The quantitative estimate of drug-likeness (QED) is 0.590. The fraction of sp³-hybridized carbons (Fsp3) is 0.385. The molecule has 0 radical (unpaired) electrons. The number of aryl methyl sites for hydroxylation is 1. The van der Waals surface area contributed by atoms with Gasteiger partial charge in [0.15, 0.2) is 0 Å². The van der Waals surface area contributed by atoms with Crippen molar-refractivity contribution < 1.29 is 9.18 Å². The maximum absolute atomic E-state index is 13.7. The summed E-state index contributed by atoms with van der Waals surface area (Å²) in [5.41, 5.74) is 4.02. The number of carbonyl (C=O) groups is 1. The average Bonchev–Trinajstić information content (AvgIpc) is 2.82. The molecule has 0 N–H and O–H groups in total. The molecular formula is C26H28FN5O. The zero-order valence-electron chi connectivity index (χ0n) is 18.9. The van der Waals surface area contributed by atoms with Crippen LogP contribution in [0.5, 0.6) is 0 Å². The van der Waals surface area contributed by atoms with Crippen LogP contribution in [0.1, 0.15) is 53.4 Å². The molecule has 1 fully saturated rings. The lowest BCUT2D eigenvalue weighted by molar-refractivity contribution is -0.119. The lowest BCUT2D eigenvalue weighted by Gasteiger charge is -2.33. The summed E-state index contributed by atoms with van der Waals surface area (Å²) in [5, 5.41) is 0. The summed E-state index contributed by atoms with van der Waals surface area (Å²) in [6.07, 6.45) is 6.73. The largest absolute Gasteiger partial charge is 0.299 e. The van der Waals surface area contributed by atoms with Gasteiger partial charge in [0.05, 0.1) is 6.54 Å². The first-order chi connectivity index (χ1) is 16.1. The van der Waals surface area contributed by atoms with Gasteiger partial charge in [0.1, 0.15) is 17.5 Å². The SMILES string of the molecule is Cc1nc(C2CCN(Cc3ccncc3)CC2)nc2c1CCC(=O)N2Cc1cccc(F)c1. The highest BCUT2D eigenvalue weighted by atomic mass is 19.1. The first kappa shape index (κ1) is 21.6. The molecule has 5 rings (SSSR count). The maximum Gasteiger partial charge on any atom is 0.228 e. The second kappa shape index (κ2) is 9.35. The average molecular weight is 446 g/mol. The van der Waals surface area contributed by atoms with Crippen molar-refractivity contribution in [1.82, 2.24) is 19.9 Å². The predicted octanol–water partition coefficient (Wildman–Crippen LogP) is 4.18. The van der Waals surface area contributed by atoms with Crippen LogP contribution in [0.2, 0.25) is 0 Å². The fourth-order valence-electron chi connectivity index (χ4n) is 4.86. The molecule has 2 aromatic heterocycles. The summed E-state index contributed by atoms with van der Waals surface area (Å²) in [7, 11) is 0. The number of hydrogen-bond acceptors (Lipinski definition) is 5. The van der Waals surface area contributed by atoms with Gasteiger partial charge < -0.3 is 0 Å². The van der Waals surface area contributed by atoms with Crippen molar-refractivity contribution in [1.29, 1.82) is 0 Å². The van der Waals surface area contributed by atoms with Gasteiger partial charge in [-0.1, -0.05) is 12.1 Å². The van der Waals surface area contributed by atoms with E-state index in [1.165, 1.54) is 17.7 Å². The normalized spacial score (nSPS) is 17.3. The Morgan fingerprint density at radius 1 is 1.00 bits per heavy atom. The Bertz CT molecular complexity index is 1140. The molecule has 1 aromatic carbocycles. The second-order valence-corrected chi connectivity index (χ2v) is 8.99. The van der Waals surface area contributed by atoms with Crippen molar-refractivity contribution >= 4 is 11.7 Å². The highest BCUT2D eigenvalue weighted by molar-refractivity contribution is 5.95. The third kappa shape index (κ3) is 4.78. The number of nitrogens with zero attached hydrogens (tertiary/aromatic N) is 5. The molecule has 1 amide bonds. The zero-order chi connectivity index (χ0) is 22.8. The standard InChI is InChI=1S/C26H28FN5O/c1-18-23-5-6-24(33)32(17-20-3-2-4-22(27)15-20)26(23)30-25(29-18)21-9-13-31(14-10-21)16-19-7-11-28-12-8-19/h2-4,7-8,11-12,15,21H,5-6,9-10,13-14,16-17H2,1H3. The third-order valence-electron chi connectivity index (χ3n) is 6.69. The summed E-state index contributed by atoms with van der Waals surface area (Å²) in [6.45, 7) is 5.23. The van der Waals surface area contributed by atoms with Crippen LogP contribution in [0.25, 0.3) is 0 Å². The highest BCUT2D eigenvalue weighted by Gasteiger charge is 2.30. The number of benzene rings is 1. The van der Waals surface area contributed by atoms with Crippen LogP contribution >= 0.6 is 0 Å². The molecule has 33 heavy (non-hydrogen) atoms. The molecule has 2 aliphatic heterocycles. The summed E-state index contributed by atoms with van der Waals surface area (Å²) in [6, 6.07) is 10.5. The van der Waals surface area contributed by atoms with Crippen LogP contribution in [0.3, 0.4) is 0 Å². The van der Waals surface area contributed by atoms with Gasteiger partial charge >= 0.3 is 0 Å². The number of anilines is 1. The Kier molecular flexibility index (Phi) is 6.13. The van der Waals surface area contributed by atoms with Gasteiger partial charge in [-0.3, -0.25) is 19.6 Å². The van der Waals surface area contributed by atoms with Gasteiger partial charge in [0.25, 0.3) is 0 Å². The van der Waals surface area contributed by atoms with Gasteiger partial charge in [-0.25, -0.2) is 14.4 Å².